The van der Waals surface area contributed by atoms with Gasteiger partial charge in [-0.15, -0.1) is 0 Å². The second-order valence-electron chi connectivity index (χ2n) is 9.42. The Balaban J connectivity index is -0.000000291. The van der Waals surface area contributed by atoms with Gasteiger partial charge in [0.15, 0.2) is 0 Å². The first-order chi connectivity index (χ1) is 15.3. The first kappa shape index (κ1) is 48.4. The summed E-state index contributed by atoms with van der Waals surface area (Å²) >= 11 is 0. The maximum Gasteiger partial charge on any atom is 0.258 e. The van der Waals surface area contributed by atoms with Crippen molar-refractivity contribution < 1.29 is 90.4 Å². The van der Waals surface area contributed by atoms with Crippen LogP contribution in [0.4, 0.5) is 0 Å². The number of hydrogen-bond acceptors (Lipinski definition) is 8. The molecule has 1 amide bonds. The van der Waals surface area contributed by atoms with Gasteiger partial charge in [-0.25, -0.2) is 8.42 Å². The molecule has 1 aliphatic rings. The van der Waals surface area contributed by atoms with Crippen LogP contribution in [-0.4, -0.2) is 70.3 Å². The van der Waals surface area contributed by atoms with Crippen LogP contribution in [0.25, 0.3) is 11.0 Å². The Morgan fingerprint density at radius 1 is 1.16 bits per heavy atom. The molecule has 4 N–H and O–H groups in total. The molecule has 0 aromatic carbocycles. The number of likely N-dealkylation sites (tertiary alicyclic amines) is 1. The average molecular weight is 1090 g/mol. The van der Waals surface area contributed by atoms with Crippen molar-refractivity contribution in [3.8, 4) is 0 Å². The second kappa shape index (κ2) is 20.5. The quantitative estimate of drug-likeness (QED) is 0.289. The number of ether oxygens (including phenoxy) is 2. The summed E-state index contributed by atoms with van der Waals surface area (Å²) in [6.07, 6.45) is 1.44. The SMILES string of the molecule is C.C=C(NC(C)(C)C(=O)NS(C)(=O)=O)C1CC(OC)CN1C(=C)C(C)C(C)C.COCP([NH-])([NH-])=O.[W].[W].[W]. The van der Waals surface area contributed by atoms with Gasteiger partial charge in [0.2, 0.25) is 10.0 Å². The molecule has 226 valence electrons. The van der Waals surface area contributed by atoms with Gasteiger partial charge in [0.25, 0.3) is 5.91 Å². The molecule has 0 aromatic rings. The minimum absolute atomic E-state index is 0. The molecule has 1 aliphatic heterocycles. The van der Waals surface area contributed by atoms with E-state index in [9.17, 15) is 17.8 Å². The van der Waals surface area contributed by atoms with E-state index < -0.39 is 28.9 Å². The van der Waals surface area contributed by atoms with E-state index >= 15 is 0 Å². The molecule has 1 heterocycles. The van der Waals surface area contributed by atoms with Crippen molar-refractivity contribution in [2.45, 2.75) is 66.2 Å². The zero-order valence-electron chi connectivity index (χ0n) is 22.8. The fraction of sp³-hybridized carbons (Fsp3) is 0.773. The van der Waals surface area contributed by atoms with Crippen molar-refractivity contribution in [1.29, 1.82) is 0 Å². The molecule has 0 spiro atoms. The Labute approximate surface area is 273 Å². The maximum absolute atomic E-state index is 12.3. The van der Waals surface area contributed by atoms with Gasteiger partial charge in [-0.1, -0.05) is 48.8 Å². The van der Waals surface area contributed by atoms with Crippen molar-refractivity contribution in [3.63, 3.8) is 0 Å². The van der Waals surface area contributed by atoms with Gasteiger partial charge in [-0.3, -0.25) is 9.52 Å². The predicted octanol–water partition coefficient (Wildman–Crippen LogP) is 4.36. The molecule has 3 atom stereocenters. The van der Waals surface area contributed by atoms with Crippen LogP contribution in [0.2, 0.25) is 0 Å². The van der Waals surface area contributed by atoms with E-state index in [1.807, 2.05) is 4.72 Å². The number of methoxy groups -OCH3 is 2. The first-order valence-corrected chi connectivity index (χ1v) is 14.6. The smallest absolute Gasteiger partial charge is 0.258 e. The van der Waals surface area contributed by atoms with E-state index in [-0.39, 0.29) is 95.0 Å². The zero-order valence-corrected chi connectivity index (χ0v) is 33.3. The molecule has 0 aliphatic carbocycles. The Morgan fingerprint density at radius 2 is 1.63 bits per heavy atom. The van der Waals surface area contributed by atoms with E-state index in [4.69, 9.17) is 15.7 Å². The average Bonchev–Trinajstić information content (AvgIpc) is 3.09. The van der Waals surface area contributed by atoms with Crippen LogP contribution >= 0.6 is 7.44 Å². The van der Waals surface area contributed by atoms with E-state index in [1.165, 1.54) is 7.11 Å². The molecule has 38 heavy (non-hydrogen) atoms. The van der Waals surface area contributed by atoms with Gasteiger partial charge < -0.3 is 35.3 Å². The summed E-state index contributed by atoms with van der Waals surface area (Å²) in [5.41, 5.74) is 13.4. The zero-order chi connectivity index (χ0) is 27.1. The van der Waals surface area contributed by atoms with Crippen molar-refractivity contribution in [2.24, 2.45) is 11.8 Å². The molecule has 3 unspecified atom stereocenters. The van der Waals surface area contributed by atoms with Gasteiger partial charge in [-0.05, 0) is 25.7 Å². The second-order valence-corrected chi connectivity index (χ2v) is 12.9. The first-order valence-electron chi connectivity index (χ1n) is 10.8. The van der Waals surface area contributed by atoms with Crippen LogP contribution in [0.15, 0.2) is 24.6 Å². The summed E-state index contributed by atoms with van der Waals surface area (Å²) in [4.78, 5) is 14.5. The molecule has 11 nitrogen and oxygen atoms in total. The molecule has 1 rings (SSSR count). The number of rotatable bonds is 11. The van der Waals surface area contributed by atoms with E-state index in [0.717, 1.165) is 18.4 Å². The molecule has 1 fully saturated rings. The number of sulfonamides is 1. The Hall–Kier alpha value is 0.635. The van der Waals surface area contributed by atoms with Crippen molar-refractivity contribution in [3.05, 3.63) is 35.6 Å². The molecule has 0 aromatic heterocycles. The Kier molecular flexibility index (Phi) is 26.1. The van der Waals surface area contributed by atoms with Crippen LogP contribution in [0.3, 0.4) is 0 Å². The molecular formula is C22H46N5O6PSW3-2. The third-order valence-electron chi connectivity index (χ3n) is 5.52. The Morgan fingerprint density at radius 3 is 1.95 bits per heavy atom. The summed E-state index contributed by atoms with van der Waals surface area (Å²) < 4.78 is 44.6. The minimum Gasteiger partial charge on any atom is -0.633 e. The summed E-state index contributed by atoms with van der Waals surface area (Å²) in [6, 6.07) is -0.0889. The third-order valence-corrected chi connectivity index (χ3v) is 6.70. The van der Waals surface area contributed by atoms with Crippen LogP contribution in [0, 0.1) is 11.8 Å². The number of carbonyl (C=O) groups is 1. The van der Waals surface area contributed by atoms with Crippen molar-refractivity contribution in [1.82, 2.24) is 14.9 Å². The van der Waals surface area contributed by atoms with Crippen LogP contribution < -0.4 is 10.0 Å². The largest absolute Gasteiger partial charge is 0.633 e. The van der Waals surface area contributed by atoms with E-state index in [1.54, 1.807) is 21.0 Å². The maximum atomic E-state index is 12.3. The Bertz CT molecular complexity index is 887. The molecule has 0 radical (unpaired) electrons. The number of nitrogens with zero attached hydrogens (tertiary/aromatic N) is 1. The summed E-state index contributed by atoms with van der Waals surface area (Å²) in [7, 11) is -4.03. The number of carbonyl (C=O) groups excluding carboxylic acids is 1. The fourth-order valence-corrected chi connectivity index (χ4v) is 4.24. The minimum atomic E-state index is -3.63. The van der Waals surface area contributed by atoms with Gasteiger partial charge in [-0.2, -0.15) is 0 Å². The normalized spacial score (nSPS) is 17.7. The van der Waals surface area contributed by atoms with Gasteiger partial charge in [0, 0.05) is 102 Å². The third kappa shape index (κ3) is 18.1. The van der Waals surface area contributed by atoms with Gasteiger partial charge >= 0.3 is 0 Å². The van der Waals surface area contributed by atoms with Crippen LogP contribution in [-0.2, 0) is 92.1 Å². The molecular weight excluding hydrogens is 1040 g/mol. The van der Waals surface area contributed by atoms with E-state index in [2.05, 4.69) is 48.9 Å². The molecule has 0 saturated carbocycles. The molecule has 1 saturated heterocycles. The summed E-state index contributed by atoms with van der Waals surface area (Å²) in [5.74, 6) is 0.101. The number of hydrogen-bond donors (Lipinski definition) is 2. The summed E-state index contributed by atoms with van der Waals surface area (Å²) in [5, 5.41) is 3.11. The summed E-state index contributed by atoms with van der Waals surface area (Å²) in [6.45, 7) is 18.8. The number of allylic oxidation sites excluding steroid dienone is 1. The van der Waals surface area contributed by atoms with Gasteiger partial charge in [0.05, 0.1) is 24.7 Å². The van der Waals surface area contributed by atoms with Gasteiger partial charge in [0.1, 0.15) is 5.54 Å². The molecule has 0 bridgehead atoms. The fourth-order valence-electron chi connectivity index (χ4n) is 3.28. The molecule has 16 heteroatoms. The number of nitrogens with one attached hydrogen (secondary N) is 4. The van der Waals surface area contributed by atoms with Crippen LogP contribution in [0.1, 0.15) is 48.5 Å². The standard InChI is InChI=1S/C19H35N3O4S.C2H7N2O2P.CH4.3W/c1-12(2)13(3)15(5)22-11-16(26-8)10-17(22)14(4)20-19(6,7)18(23)21-27(9,24)25;1-6-2-7(3,4)5;;;;/h12-13,16-17,20H,4-5,10-11H2,1-3,6-9H3,(H,21,23);2H2,1H3,(H2-2,3,4,5);1H4;;;/q;-2;;;;. The van der Waals surface area contributed by atoms with E-state index in [0.29, 0.717) is 18.2 Å². The topological polar surface area (TPSA) is 162 Å². The van der Waals surface area contributed by atoms with Crippen molar-refractivity contribution in [2.75, 3.05) is 33.4 Å². The monoisotopic (exact) mass is 1090 g/mol. The predicted molar refractivity (Wildman–Crippen MR) is 143 cm³/mol. The van der Waals surface area contributed by atoms with Crippen LogP contribution in [0.5, 0.6) is 0 Å². The number of amides is 1. The van der Waals surface area contributed by atoms with Crippen molar-refractivity contribution >= 4 is 23.4 Å².